The molecular formula is C25H37ClN2OS. The normalized spacial score (nSPS) is 19.9. The Morgan fingerprint density at radius 3 is 2.77 bits per heavy atom. The summed E-state index contributed by atoms with van der Waals surface area (Å²) >= 11 is 7.80. The third-order valence-electron chi connectivity index (χ3n) is 6.37. The monoisotopic (exact) mass is 448 g/mol. The van der Waals surface area contributed by atoms with Crippen molar-refractivity contribution in [3.05, 3.63) is 46.9 Å². The van der Waals surface area contributed by atoms with Crippen LogP contribution < -0.4 is 5.73 Å². The Labute approximate surface area is 192 Å². The van der Waals surface area contributed by atoms with Crippen molar-refractivity contribution in [1.29, 1.82) is 0 Å². The number of rotatable bonds is 10. The maximum Gasteiger partial charge on any atom is 0.0468 e. The minimum Gasteiger partial charge on any atom is -0.398 e. The summed E-state index contributed by atoms with van der Waals surface area (Å²) in [6.45, 7) is 9.76. The van der Waals surface area contributed by atoms with Gasteiger partial charge >= 0.3 is 0 Å². The molecule has 2 saturated heterocycles. The molecule has 5 heteroatoms. The van der Waals surface area contributed by atoms with Crippen molar-refractivity contribution in [2.75, 3.05) is 38.6 Å². The Kier molecular flexibility index (Phi) is 10.1. The molecule has 30 heavy (non-hydrogen) atoms. The van der Waals surface area contributed by atoms with Crippen LogP contribution in [0.3, 0.4) is 0 Å². The van der Waals surface area contributed by atoms with E-state index in [-0.39, 0.29) is 0 Å². The van der Waals surface area contributed by atoms with E-state index in [1.165, 1.54) is 56.5 Å². The third-order valence-corrected chi connectivity index (χ3v) is 7.68. The fraction of sp³-hybridized carbons (Fsp3) is 0.600. The van der Waals surface area contributed by atoms with Crippen LogP contribution in [0.15, 0.2) is 46.7 Å². The topological polar surface area (TPSA) is 38.5 Å². The van der Waals surface area contributed by atoms with Crippen LogP contribution in [0.5, 0.6) is 0 Å². The first-order valence-electron chi connectivity index (χ1n) is 11.5. The van der Waals surface area contributed by atoms with Crippen LogP contribution in [-0.2, 0) is 4.74 Å². The average molecular weight is 449 g/mol. The second-order valence-electron chi connectivity index (χ2n) is 8.64. The first kappa shape index (κ1) is 23.7. The first-order chi connectivity index (χ1) is 14.6. The van der Waals surface area contributed by atoms with Crippen molar-refractivity contribution in [2.45, 2.75) is 56.3 Å². The second kappa shape index (κ2) is 12.8. The van der Waals surface area contributed by atoms with Gasteiger partial charge in [0.05, 0.1) is 0 Å². The Balaban J connectivity index is 1.50. The van der Waals surface area contributed by atoms with Gasteiger partial charge in [0, 0.05) is 35.4 Å². The molecule has 2 heterocycles. The lowest BCUT2D eigenvalue weighted by Crippen LogP contribution is -2.29. The average Bonchev–Trinajstić information content (AvgIpc) is 2.77. The smallest absolute Gasteiger partial charge is 0.0468 e. The van der Waals surface area contributed by atoms with E-state index in [1.54, 1.807) is 11.8 Å². The van der Waals surface area contributed by atoms with Crippen LogP contribution in [0.1, 0.15) is 51.4 Å². The van der Waals surface area contributed by atoms with Crippen LogP contribution in [0.4, 0.5) is 5.69 Å². The lowest BCUT2D eigenvalue weighted by atomic mass is 9.81. The number of halogens is 1. The Morgan fingerprint density at radius 2 is 2.00 bits per heavy atom. The van der Waals surface area contributed by atoms with E-state index in [1.807, 2.05) is 18.2 Å². The molecule has 0 aromatic heterocycles. The molecule has 0 amide bonds. The summed E-state index contributed by atoms with van der Waals surface area (Å²) in [6.07, 6.45) is 14.7. The lowest BCUT2D eigenvalue weighted by Gasteiger charge is -2.30. The van der Waals surface area contributed by atoms with Crippen molar-refractivity contribution >= 4 is 29.1 Å². The van der Waals surface area contributed by atoms with Crippen LogP contribution in [-0.4, -0.2) is 37.7 Å². The van der Waals surface area contributed by atoms with Gasteiger partial charge in [0.15, 0.2) is 0 Å². The summed E-state index contributed by atoms with van der Waals surface area (Å²) in [6, 6.07) is 5.64. The van der Waals surface area contributed by atoms with Crippen LogP contribution in [0.25, 0.3) is 0 Å². The van der Waals surface area contributed by atoms with Crippen molar-refractivity contribution in [1.82, 2.24) is 4.90 Å². The summed E-state index contributed by atoms with van der Waals surface area (Å²) in [4.78, 5) is 4.76. The summed E-state index contributed by atoms with van der Waals surface area (Å²) in [5, 5.41) is 0.721. The molecule has 2 aliphatic rings. The molecule has 2 fully saturated rings. The molecule has 0 aliphatic carbocycles. The predicted octanol–water partition coefficient (Wildman–Crippen LogP) is 6.78. The quantitative estimate of drug-likeness (QED) is 0.243. The molecule has 3 rings (SSSR count). The zero-order valence-electron chi connectivity index (χ0n) is 18.2. The lowest BCUT2D eigenvalue weighted by molar-refractivity contribution is 0.0455. The number of ether oxygens (including phenoxy) is 1. The second-order valence-corrected chi connectivity index (χ2v) is 10.3. The van der Waals surface area contributed by atoms with E-state index in [0.29, 0.717) is 5.92 Å². The van der Waals surface area contributed by atoms with Gasteiger partial charge in [0.2, 0.25) is 0 Å². The van der Waals surface area contributed by atoms with E-state index in [0.717, 1.165) is 54.1 Å². The number of likely N-dealkylation sites (tertiary alicyclic amines) is 1. The molecule has 1 aromatic carbocycles. The van der Waals surface area contributed by atoms with Crippen LogP contribution in [0.2, 0.25) is 5.02 Å². The van der Waals surface area contributed by atoms with Gasteiger partial charge in [-0.1, -0.05) is 48.5 Å². The summed E-state index contributed by atoms with van der Waals surface area (Å²) in [7, 11) is 0. The number of hydrogen-bond donors (Lipinski definition) is 1. The van der Waals surface area contributed by atoms with Gasteiger partial charge in [-0.05, 0) is 93.0 Å². The van der Waals surface area contributed by atoms with Gasteiger partial charge in [-0.3, -0.25) is 4.90 Å². The highest BCUT2D eigenvalue weighted by molar-refractivity contribution is 8.03. The molecule has 0 saturated carbocycles. The number of piperidine rings is 1. The molecule has 3 nitrogen and oxygen atoms in total. The van der Waals surface area contributed by atoms with Gasteiger partial charge in [-0.2, -0.15) is 0 Å². The molecule has 1 unspecified atom stereocenters. The van der Waals surface area contributed by atoms with Gasteiger partial charge in [-0.25, -0.2) is 0 Å². The number of anilines is 1. The van der Waals surface area contributed by atoms with Crippen LogP contribution >= 0.6 is 23.4 Å². The number of nitrogen functional groups attached to an aromatic ring is 1. The van der Waals surface area contributed by atoms with Gasteiger partial charge in [0.25, 0.3) is 0 Å². The summed E-state index contributed by atoms with van der Waals surface area (Å²) in [5.74, 6) is 1.45. The fourth-order valence-corrected chi connectivity index (χ4v) is 5.66. The largest absolute Gasteiger partial charge is 0.398 e. The number of nitrogens with zero attached hydrogens (tertiary/aromatic N) is 1. The molecular weight excluding hydrogens is 412 g/mol. The SMILES string of the molecule is C=C(CCC(C/C=C/CN1CCCCC1)C1CCOCC1)Sc1cc(Cl)ccc1N. The summed E-state index contributed by atoms with van der Waals surface area (Å²) in [5.41, 5.74) is 6.88. The molecule has 2 N–H and O–H groups in total. The maximum absolute atomic E-state index is 6.13. The highest BCUT2D eigenvalue weighted by Crippen LogP contribution is 2.37. The molecule has 0 bridgehead atoms. The van der Waals surface area contributed by atoms with Crippen molar-refractivity contribution in [2.24, 2.45) is 11.8 Å². The van der Waals surface area contributed by atoms with Crippen molar-refractivity contribution < 1.29 is 4.74 Å². The Bertz CT molecular complexity index is 696. The standard InChI is InChI=1S/C25H37ClN2OS/c1-20(30-25-19-23(26)10-11-24(25)27)8-9-21(22-12-17-29-18-13-22)7-3-6-16-28-14-4-2-5-15-28/h3,6,10-11,19,21-22H,1-2,4-5,7-9,12-18,27H2/b6-3+. The van der Waals surface area contributed by atoms with Crippen LogP contribution in [0, 0.1) is 11.8 Å². The summed E-state index contributed by atoms with van der Waals surface area (Å²) < 4.78 is 5.61. The zero-order chi connectivity index (χ0) is 21.2. The number of hydrogen-bond acceptors (Lipinski definition) is 4. The molecule has 0 radical (unpaired) electrons. The highest BCUT2D eigenvalue weighted by Gasteiger charge is 2.23. The molecule has 2 aliphatic heterocycles. The zero-order valence-corrected chi connectivity index (χ0v) is 19.7. The Hall–Kier alpha value is -0.940. The molecule has 166 valence electrons. The van der Waals surface area contributed by atoms with Gasteiger partial charge in [-0.15, -0.1) is 0 Å². The number of allylic oxidation sites excluding steroid dienone is 2. The van der Waals surface area contributed by atoms with E-state index >= 15 is 0 Å². The van der Waals surface area contributed by atoms with Crippen molar-refractivity contribution in [3.8, 4) is 0 Å². The van der Waals surface area contributed by atoms with E-state index in [2.05, 4.69) is 23.6 Å². The number of benzene rings is 1. The number of nitrogens with two attached hydrogens (primary N) is 1. The Morgan fingerprint density at radius 1 is 1.23 bits per heavy atom. The maximum atomic E-state index is 6.13. The van der Waals surface area contributed by atoms with E-state index in [4.69, 9.17) is 22.1 Å². The highest BCUT2D eigenvalue weighted by atomic mass is 35.5. The van der Waals surface area contributed by atoms with E-state index < -0.39 is 0 Å². The minimum absolute atomic E-state index is 0.695. The molecule has 0 spiro atoms. The van der Waals surface area contributed by atoms with Gasteiger partial charge in [0.1, 0.15) is 0 Å². The molecule has 1 atom stereocenters. The van der Waals surface area contributed by atoms with E-state index in [9.17, 15) is 0 Å². The fourth-order valence-electron chi connectivity index (χ4n) is 4.52. The van der Waals surface area contributed by atoms with Gasteiger partial charge < -0.3 is 10.5 Å². The van der Waals surface area contributed by atoms with Crippen molar-refractivity contribution in [3.63, 3.8) is 0 Å². The minimum atomic E-state index is 0.695. The predicted molar refractivity (Wildman–Crippen MR) is 131 cm³/mol. The third kappa shape index (κ3) is 7.96. The first-order valence-corrected chi connectivity index (χ1v) is 12.7. The number of thioether (sulfide) groups is 1. The molecule has 1 aromatic rings.